The second-order valence-corrected chi connectivity index (χ2v) is 8.86. The highest BCUT2D eigenvalue weighted by atomic mass is 16.2. The molecule has 3 fully saturated rings. The van der Waals surface area contributed by atoms with Gasteiger partial charge in [-0.15, -0.1) is 0 Å². The molecule has 2 atom stereocenters. The minimum atomic E-state index is 0.217. The Hall–Kier alpha value is -1.40. The first-order valence-corrected chi connectivity index (χ1v) is 10.9. The number of aromatic nitrogens is 2. The lowest BCUT2D eigenvalue weighted by Gasteiger charge is -2.44. The molecule has 1 aromatic rings. The number of hydrogen-bond acceptors (Lipinski definition) is 4. The van der Waals surface area contributed by atoms with Crippen LogP contribution >= 0.6 is 0 Å². The van der Waals surface area contributed by atoms with Crippen molar-refractivity contribution in [2.24, 2.45) is 23.5 Å². The van der Waals surface area contributed by atoms with E-state index < -0.39 is 0 Å². The van der Waals surface area contributed by atoms with E-state index in [4.69, 9.17) is 5.73 Å². The second kappa shape index (κ2) is 8.31. The molecule has 1 aliphatic heterocycles. The van der Waals surface area contributed by atoms with Gasteiger partial charge in [-0.25, -0.2) is 0 Å². The van der Waals surface area contributed by atoms with E-state index in [1.807, 2.05) is 10.9 Å². The molecule has 2 heterocycles. The maximum Gasteiger partial charge on any atom is 0.225 e. The molecule has 2 bridgehead atoms. The molecule has 6 nitrogen and oxygen atoms in total. The van der Waals surface area contributed by atoms with Gasteiger partial charge in [0.1, 0.15) is 0 Å². The fourth-order valence-corrected chi connectivity index (χ4v) is 5.52. The highest BCUT2D eigenvalue weighted by Gasteiger charge is 2.41. The lowest BCUT2D eigenvalue weighted by molar-refractivity contribution is -0.138. The molecule has 0 aromatic carbocycles. The van der Waals surface area contributed by atoms with Crippen molar-refractivity contribution < 1.29 is 4.79 Å². The van der Waals surface area contributed by atoms with Gasteiger partial charge >= 0.3 is 0 Å². The third kappa shape index (κ3) is 4.21. The number of carbonyl (C=O) groups is 1. The number of rotatable bonds is 4. The maximum atomic E-state index is 13.2. The molecule has 1 saturated heterocycles. The summed E-state index contributed by atoms with van der Waals surface area (Å²) in [6.45, 7) is 7.74. The van der Waals surface area contributed by atoms with E-state index in [1.54, 1.807) is 0 Å². The summed E-state index contributed by atoms with van der Waals surface area (Å²) in [6.07, 6.45) is 11.0. The first-order valence-electron chi connectivity index (χ1n) is 10.9. The van der Waals surface area contributed by atoms with Crippen LogP contribution in [0, 0.1) is 17.8 Å². The third-order valence-electron chi connectivity index (χ3n) is 7.08. The van der Waals surface area contributed by atoms with Crippen LogP contribution in [0.5, 0.6) is 0 Å². The third-order valence-corrected chi connectivity index (χ3v) is 7.08. The van der Waals surface area contributed by atoms with Gasteiger partial charge < -0.3 is 10.6 Å². The summed E-state index contributed by atoms with van der Waals surface area (Å²) in [7, 11) is 0. The van der Waals surface area contributed by atoms with Crippen molar-refractivity contribution in [1.29, 1.82) is 0 Å². The Morgan fingerprint density at radius 2 is 1.93 bits per heavy atom. The SMILES string of the molecule is CCn1cc(CN2CCCN(C(=O)C3CC4CCCC(C3)C4N)CC2)cn1. The van der Waals surface area contributed by atoms with Crippen LogP contribution < -0.4 is 5.73 Å². The van der Waals surface area contributed by atoms with Crippen molar-refractivity contribution in [3.05, 3.63) is 18.0 Å². The van der Waals surface area contributed by atoms with Crippen LogP contribution in [-0.4, -0.2) is 57.7 Å². The van der Waals surface area contributed by atoms with Gasteiger partial charge in [0, 0.05) is 63.0 Å². The molecule has 2 aliphatic carbocycles. The van der Waals surface area contributed by atoms with E-state index in [9.17, 15) is 4.79 Å². The summed E-state index contributed by atoms with van der Waals surface area (Å²) in [5.74, 6) is 1.77. The lowest BCUT2D eigenvalue weighted by atomic mass is 9.65. The van der Waals surface area contributed by atoms with Crippen LogP contribution in [0.2, 0.25) is 0 Å². The molecule has 2 saturated carbocycles. The van der Waals surface area contributed by atoms with E-state index in [1.165, 1.54) is 24.8 Å². The summed E-state index contributed by atoms with van der Waals surface area (Å²) in [5, 5.41) is 4.38. The predicted octanol–water partition coefficient (Wildman–Crippen LogP) is 2.09. The van der Waals surface area contributed by atoms with Crippen LogP contribution in [0.3, 0.4) is 0 Å². The van der Waals surface area contributed by atoms with E-state index in [2.05, 4.69) is 28.0 Å². The number of amides is 1. The smallest absolute Gasteiger partial charge is 0.225 e. The van der Waals surface area contributed by atoms with Crippen molar-refractivity contribution >= 4 is 5.91 Å². The van der Waals surface area contributed by atoms with E-state index in [0.29, 0.717) is 23.8 Å². The van der Waals surface area contributed by atoms with E-state index in [0.717, 1.165) is 58.5 Å². The molecule has 0 radical (unpaired) electrons. The topological polar surface area (TPSA) is 67.4 Å². The number of nitrogens with zero attached hydrogens (tertiary/aromatic N) is 4. The zero-order valence-electron chi connectivity index (χ0n) is 16.7. The van der Waals surface area contributed by atoms with Crippen LogP contribution in [0.1, 0.15) is 51.0 Å². The average molecular weight is 374 g/mol. The number of nitrogens with two attached hydrogens (primary N) is 1. The lowest BCUT2D eigenvalue weighted by Crippen LogP contribution is -2.50. The second-order valence-electron chi connectivity index (χ2n) is 8.86. The van der Waals surface area contributed by atoms with Gasteiger partial charge in [0.15, 0.2) is 0 Å². The zero-order valence-corrected chi connectivity index (χ0v) is 16.7. The maximum absolute atomic E-state index is 13.2. The highest BCUT2D eigenvalue weighted by molar-refractivity contribution is 5.79. The molecule has 3 aliphatic rings. The monoisotopic (exact) mass is 373 g/mol. The number of aryl methyl sites for hydroxylation is 1. The molecule has 27 heavy (non-hydrogen) atoms. The molecule has 150 valence electrons. The fraction of sp³-hybridized carbons (Fsp3) is 0.810. The van der Waals surface area contributed by atoms with Crippen molar-refractivity contribution in [3.63, 3.8) is 0 Å². The first kappa shape index (κ1) is 18.9. The molecular weight excluding hydrogens is 338 g/mol. The molecule has 2 unspecified atom stereocenters. The van der Waals surface area contributed by atoms with Gasteiger partial charge in [0.25, 0.3) is 0 Å². The Bertz CT molecular complexity index is 630. The normalized spacial score (nSPS) is 32.3. The van der Waals surface area contributed by atoms with E-state index in [-0.39, 0.29) is 5.92 Å². The van der Waals surface area contributed by atoms with Gasteiger partial charge in [-0.1, -0.05) is 6.42 Å². The van der Waals surface area contributed by atoms with Gasteiger partial charge in [-0.3, -0.25) is 14.4 Å². The summed E-state index contributed by atoms with van der Waals surface area (Å²) in [6, 6.07) is 0.339. The van der Waals surface area contributed by atoms with Gasteiger partial charge in [0.05, 0.1) is 6.20 Å². The van der Waals surface area contributed by atoms with Gasteiger partial charge in [-0.05, 0) is 50.9 Å². The van der Waals surface area contributed by atoms with Crippen LogP contribution in [0.25, 0.3) is 0 Å². The van der Waals surface area contributed by atoms with Crippen molar-refractivity contribution in [1.82, 2.24) is 19.6 Å². The number of hydrogen-bond donors (Lipinski definition) is 1. The fourth-order valence-electron chi connectivity index (χ4n) is 5.52. The molecule has 0 spiro atoms. The highest BCUT2D eigenvalue weighted by Crippen LogP contribution is 2.42. The summed E-state index contributed by atoms with van der Waals surface area (Å²) < 4.78 is 1.98. The Morgan fingerprint density at radius 3 is 2.63 bits per heavy atom. The van der Waals surface area contributed by atoms with Gasteiger partial charge in [-0.2, -0.15) is 5.10 Å². The number of carbonyl (C=O) groups excluding carboxylic acids is 1. The standard InChI is InChI=1S/C21H35N5O/c1-2-26-15-16(13-23-26)14-24-7-4-8-25(10-9-24)21(27)19-11-17-5-3-6-18(12-19)20(17)22/h13,15,17-20H,2-12,14,22H2,1H3. The Balaban J connectivity index is 1.32. The predicted molar refractivity (Wildman–Crippen MR) is 106 cm³/mol. The van der Waals surface area contributed by atoms with Crippen LogP contribution in [0.4, 0.5) is 0 Å². The quantitative estimate of drug-likeness (QED) is 0.878. The van der Waals surface area contributed by atoms with E-state index >= 15 is 0 Å². The molecule has 4 rings (SSSR count). The summed E-state index contributed by atoms with van der Waals surface area (Å²) in [5.41, 5.74) is 7.68. The Kier molecular flexibility index (Phi) is 5.83. The average Bonchev–Trinajstić information content (AvgIpc) is 2.98. The van der Waals surface area contributed by atoms with Crippen LogP contribution in [0.15, 0.2) is 12.4 Å². The Morgan fingerprint density at radius 1 is 1.15 bits per heavy atom. The minimum Gasteiger partial charge on any atom is -0.341 e. The van der Waals surface area contributed by atoms with Crippen molar-refractivity contribution in [2.75, 3.05) is 26.2 Å². The summed E-state index contributed by atoms with van der Waals surface area (Å²) in [4.78, 5) is 17.8. The van der Waals surface area contributed by atoms with Crippen molar-refractivity contribution in [3.8, 4) is 0 Å². The molecule has 1 amide bonds. The largest absolute Gasteiger partial charge is 0.341 e. The molecule has 2 N–H and O–H groups in total. The number of fused-ring (bicyclic) bond motifs is 2. The first-order chi connectivity index (χ1) is 13.1. The molecule has 1 aromatic heterocycles. The molecule has 6 heteroatoms. The summed E-state index contributed by atoms with van der Waals surface area (Å²) >= 11 is 0. The zero-order chi connectivity index (χ0) is 18.8. The van der Waals surface area contributed by atoms with Crippen LogP contribution in [-0.2, 0) is 17.9 Å². The molecular formula is C21H35N5O. The van der Waals surface area contributed by atoms with Crippen molar-refractivity contribution in [2.45, 2.75) is 64.6 Å². The van der Waals surface area contributed by atoms with Gasteiger partial charge in [0.2, 0.25) is 5.91 Å². The Labute approximate surface area is 163 Å². The minimum absolute atomic E-state index is 0.217.